The van der Waals surface area contributed by atoms with Crippen molar-refractivity contribution in [3.05, 3.63) is 28.8 Å². The van der Waals surface area contributed by atoms with Crippen molar-refractivity contribution < 1.29 is 19.4 Å². The fourth-order valence-electron chi connectivity index (χ4n) is 1.20. The van der Waals surface area contributed by atoms with Crippen molar-refractivity contribution in [1.29, 1.82) is 0 Å². The number of halogens is 1. The van der Waals surface area contributed by atoms with Crippen molar-refractivity contribution in [1.82, 2.24) is 5.32 Å². The SMILES string of the molecule is NC(=O)COCCNC(=O)c1ccc(Cl)cc1O. The predicted molar refractivity (Wildman–Crippen MR) is 65.5 cm³/mol. The molecule has 1 rings (SSSR count). The number of nitrogens with one attached hydrogen (secondary N) is 1. The first-order chi connectivity index (χ1) is 8.50. The van der Waals surface area contributed by atoms with E-state index in [-0.39, 0.29) is 31.1 Å². The fraction of sp³-hybridized carbons (Fsp3) is 0.273. The number of hydrogen-bond acceptors (Lipinski definition) is 4. The largest absolute Gasteiger partial charge is 0.507 e. The molecule has 0 spiro atoms. The molecule has 6 nitrogen and oxygen atoms in total. The molecule has 0 aromatic heterocycles. The second-order valence-corrected chi connectivity index (χ2v) is 3.87. The van der Waals surface area contributed by atoms with Crippen LogP contribution in [0.15, 0.2) is 18.2 Å². The second kappa shape index (κ2) is 6.83. The van der Waals surface area contributed by atoms with Crippen molar-refractivity contribution in [3.63, 3.8) is 0 Å². The molecule has 0 aliphatic rings. The van der Waals surface area contributed by atoms with Gasteiger partial charge in [-0.15, -0.1) is 0 Å². The van der Waals surface area contributed by atoms with Crippen LogP contribution in [0.3, 0.4) is 0 Å². The third-order valence-electron chi connectivity index (χ3n) is 1.98. The minimum absolute atomic E-state index is 0.120. The van der Waals surface area contributed by atoms with Gasteiger partial charge in [-0.05, 0) is 18.2 Å². The van der Waals surface area contributed by atoms with Gasteiger partial charge in [0.15, 0.2) is 0 Å². The molecule has 0 fully saturated rings. The van der Waals surface area contributed by atoms with E-state index in [1.165, 1.54) is 18.2 Å². The number of amides is 2. The minimum Gasteiger partial charge on any atom is -0.507 e. The molecule has 1 aromatic rings. The molecule has 7 heteroatoms. The van der Waals surface area contributed by atoms with Gasteiger partial charge in [0.2, 0.25) is 5.91 Å². The lowest BCUT2D eigenvalue weighted by atomic mass is 10.2. The molecule has 0 saturated heterocycles. The summed E-state index contributed by atoms with van der Waals surface area (Å²) in [6.07, 6.45) is 0. The van der Waals surface area contributed by atoms with Crippen LogP contribution in [0, 0.1) is 0 Å². The van der Waals surface area contributed by atoms with E-state index in [1.807, 2.05) is 0 Å². The summed E-state index contributed by atoms with van der Waals surface area (Å²) in [5, 5.41) is 12.4. The average Bonchev–Trinajstić information content (AvgIpc) is 2.27. The van der Waals surface area contributed by atoms with E-state index < -0.39 is 11.8 Å². The Hall–Kier alpha value is -1.79. The van der Waals surface area contributed by atoms with Crippen LogP contribution in [0.5, 0.6) is 5.75 Å². The number of phenols is 1. The lowest BCUT2D eigenvalue weighted by molar-refractivity contribution is -0.122. The normalized spacial score (nSPS) is 10.1. The standard InChI is InChI=1S/C11H13ClN2O4/c12-7-1-2-8(9(15)5-7)11(17)14-3-4-18-6-10(13)16/h1-2,5,15H,3-4,6H2,(H2,13,16)(H,14,17). The van der Waals surface area contributed by atoms with E-state index in [1.54, 1.807) is 0 Å². The summed E-state index contributed by atoms with van der Waals surface area (Å²) in [7, 11) is 0. The van der Waals surface area contributed by atoms with Gasteiger partial charge in [-0.1, -0.05) is 11.6 Å². The number of carbonyl (C=O) groups is 2. The number of phenolic OH excluding ortho intramolecular Hbond substituents is 1. The number of nitrogens with two attached hydrogens (primary N) is 1. The summed E-state index contributed by atoms with van der Waals surface area (Å²) in [5.41, 5.74) is 4.98. The summed E-state index contributed by atoms with van der Waals surface area (Å²) in [6.45, 7) is 0.166. The smallest absolute Gasteiger partial charge is 0.255 e. The molecule has 0 aliphatic carbocycles. The summed E-state index contributed by atoms with van der Waals surface area (Å²) in [5.74, 6) is -1.22. The zero-order chi connectivity index (χ0) is 13.5. The molecule has 18 heavy (non-hydrogen) atoms. The van der Waals surface area contributed by atoms with Crippen LogP contribution < -0.4 is 11.1 Å². The zero-order valence-electron chi connectivity index (χ0n) is 9.48. The number of primary amides is 1. The third kappa shape index (κ3) is 4.60. The maximum atomic E-state index is 11.6. The Balaban J connectivity index is 2.39. The number of carbonyl (C=O) groups excluding carboxylic acids is 2. The van der Waals surface area contributed by atoms with Crippen molar-refractivity contribution in [2.75, 3.05) is 19.8 Å². The lowest BCUT2D eigenvalue weighted by Gasteiger charge is -2.07. The summed E-state index contributed by atoms with van der Waals surface area (Å²) >= 11 is 5.64. The number of aromatic hydroxyl groups is 1. The van der Waals surface area contributed by atoms with Crippen LogP contribution >= 0.6 is 11.6 Å². The van der Waals surface area contributed by atoms with E-state index in [0.717, 1.165) is 0 Å². The van der Waals surface area contributed by atoms with Crippen LogP contribution in [0.2, 0.25) is 5.02 Å². The molecule has 0 atom stereocenters. The van der Waals surface area contributed by atoms with Crippen LogP contribution in [0.25, 0.3) is 0 Å². The molecule has 4 N–H and O–H groups in total. The van der Waals surface area contributed by atoms with Gasteiger partial charge in [-0.2, -0.15) is 0 Å². The molecule has 2 amide bonds. The van der Waals surface area contributed by atoms with Gasteiger partial charge in [0.1, 0.15) is 12.4 Å². The summed E-state index contributed by atoms with van der Waals surface area (Å²) < 4.78 is 4.86. The fourth-order valence-corrected chi connectivity index (χ4v) is 1.37. The number of rotatable bonds is 6. The van der Waals surface area contributed by atoms with Crippen LogP contribution in [0.4, 0.5) is 0 Å². The van der Waals surface area contributed by atoms with Crippen molar-refractivity contribution in [3.8, 4) is 5.75 Å². The van der Waals surface area contributed by atoms with Gasteiger partial charge in [0, 0.05) is 11.6 Å². The Morgan fingerprint density at radius 1 is 1.44 bits per heavy atom. The second-order valence-electron chi connectivity index (χ2n) is 3.44. The number of ether oxygens (including phenoxy) is 1. The van der Waals surface area contributed by atoms with E-state index in [2.05, 4.69) is 5.32 Å². The molecule has 98 valence electrons. The number of hydrogen-bond donors (Lipinski definition) is 3. The molecule has 1 aromatic carbocycles. The average molecular weight is 273 g/mol. The maximum Gasteiger partial charge on any atom is 0.255 e. The van der Waals surface area contributed by atoms with E-state index in [0.29, 0.717) is 5.02 Å². The molecule has 0 heterocycles. The third-order valence-corrected chi connectivity index (χ3v) is 2.22. The first-order valence-electron chi connectivity index (χ1n) is 5.13. The molecular weight excluding hydrogens is 260 g/mol. The summed E-state index contributed by atoms with van der Waals surface area (Å²) in [4.78, 5) is 22.0. The highest BCUT2D eigenvalue weighted by atomic mass is 35.5. The molecule has 0 aliphatic heterocycles. The first kappa shape index (κ1) is 14.3. The van der Waals surface area contributed by atoms with Crippen LogP contribution in [0.1, 0.15) is 10.4 Å². The highest BCUT2D eigenvalue weighted by Crippen LogP contribution is 2.21. The van der Waals surface area contributed by atoms with Gasteiger partial charge >= 0.3 is 0 Å². The Morgan fingerprint density at radius 2 is 2.17 bits per heavy atom. The molecule has 0 bridgehead atoms. The quantitative estimate of drug-likeness (QED) is 0.647. The van der Waals surface area contributed by atoms with Gasteiger partial charge in [-0.25, -0.2) is 0 Å². The van der Waals surface area contributed by atoms with Crippen LogP contribution in [-0.2, 0) is 9.53 Å². The van der Waals surface area contributed by atoms with E-state index in [4.69, 9.17) is 22.1 Å². The summed E-state index contributed by atoms with van der Waals surface area (Å²) in [6, 6.07) is 4.19. The first-order valence-corrected chi connectivity index (χ1v) is 5.51. The van der Waals surface area contributed by atoms with Crippen molar-refractivity contribution in [2.45, 2.75) is 0 Å². The maximum absolute atomic E-state index is 11.6. The van der Waals surface area contributed by atoms with E-state index in [9.17, 15) is 14.7 Å². The topological polar surface area (TPSA) is 102 Å². The molecule has 0 unspecified atom stereocenters. The van der Waals surface area contributed by atoms with Gasteiger partial charge in [0.05, 0.1) is 12.2 Å². The number of benzene rings is 1. The lowest BCUT2D eigenvalue weighted by Crippen LogP contribution is -2.28. The van der Waals surface area contributed by atoms with Crippen LogP contribution in [-0.4, -0.2) is 36.7 Å². The highest BCUT2D eigenvalue weighted by Gasteiger charge is 2.10. The van der Waals surface area contributed by atoms with E-state index >= 15 is 0 Å². The molecule has 0 radical (unpaired) electrons. The predicted octanol–water partition coefficient (Wildman–Crippen LogP) is 0.277. The molecular formula is C11H13ClN2O4. The minimum atomic E-state index is -0.573. The Kier molecular flexibility index (Phi) is 5.41. The Labute approximate surface area is 109 Å². The molecule has 0 saturated carbocycles. The Bertz CT molecular complexity index is 451. The van der Waals surface area contributed by atoms with Gasteiger partial charge in [0.25, 0.3) is 5.91 Å². The highest BCUT2D eigenvalue weighted by molar-refractivity contribution is 6.30. The van der Waals surface area contributed by atoms with Gasteiger partial charge < -0.3 is 20.9 Å². The van der Waals surface area contributed by atoms with Crippen molar-refractivity contribution in [2.24, 2.45) is 5.73 Å². The monoisotopic (exact) mass is 272 g/mol. The van der Waals surface area contributed by atoms with Gasteiger partial charge in [-0.3, -0.25) is 9.59 Å². The zero-order valence-corrected chi connectivity index (χ0v) is 10.2. The van der Waals surface area contributed by atoms with Crippen molar-refractivity contribution >= 4 is 23.4 Å². The Morgan fingerprint density at radius 3 is 2.78 bits per heavy atom.